The number of rotatable bonds is 4. The minimum absolute atomic E-state index is 0.0896. The van der Waals surface area contributed by atoms with Crippen LogP contribution in [0.4, 0.5) is 0 Å². The Morgan fingerprint density at radius 1 is 1.19 bits per heavy atom. The van der Waals surface area contributed by atoms with Crippen LogP contribution in [0.25, 0.3) is 10.9 Å². The largest absolute Gasteiger partial charge is 0.361 e. The van der Waals surface area contributed by atoms with E-state index < -0.39 is 0 Å². The monoisotopic (exact) mass is 341 g/mol. The first-order valence-electron chi connectivity index (χ1n) is 6.96. The van der Waals surface area contributed by atoms with E-state index in [1.54, 1.807) is 6.92 Å². The first kappa shape index (κ1) is 14.1. The number of aromatic nitrogens is 1. The predicted octanol–water partition coefficient (Wildman–Crippen LogP) is 5.04. The van der Waals surface area contributed by atoms with E-state index in [1.165, 1.54) is 16.5 Å². The Morgan fingerprint density at radius 2 is 1.95 bits per heavy atom. The zero-order chi connectivity index (χ0) is 14.8. The van der Waals surface area contributed by atoms with Gasteiger partial charge >= 0.3 is 0 Å². The van der Waals surface area contributed by atoms with Crippen LogP contribution in [0.1, 0.15) is 30.4 Å². The van der Waals surface area contributed by atoms with E-state index in [-0.39, 0.29) is 11.7 Å². The SMILES string of the molecule is CC(=O)CC(c1ccccc1)c1c[nH]c2ccc(Br)cc12. The van der Waals surface area contributed by atoms with Gasteiger partial charge in [0, 0.05) is 33.9 Å². The molecule has 0 bridgehead atoms. The minimum atomic E-state index is 0.0896. The molecule has 0 saturated heterocycles. The van der Waals surface area contributed by atoms with Gasteiger partial charge in [-0.1, -0.05) is 46.3 Å². The van der Waals surface area contributed by atoms with Crippen molar-refractivity contribution in [2.75, 3.05) is 0 Å². The van der Waals surface area contributed by atoms with Gasteiger partial charge < -0.3 is 4.98 Å². The van der Waals surface area contributed by atoms with Crippen molar-refractivity contribution in [3.05, 3.63) is 70.3 Å². The molecule has 0 aliphatic carbocycles. The summed E-state index contributed by atoms with van der Waals surface area (Å²) >= 11 is 3.53. The molecule has 21 heavy (non-hydrogen) atoms. The van der Waals surface area contributed by atoms with Gasteiger partial charge in [0.05, 0.1) is 0 Å². The number of nitrogens with one attached hydrogen (secondary N) is 1. The molecular weight excluding hydrogens is 326 g/mol. The summed E-state index contributed by atoms with van der Waals surface area (Å²) in [6.45, 7) is 1.65. The third kappa shape index (κ3) is 2.93. The van der Waals surface area contributed by atoms with Crippen LogP contribution >= 0.6 is 15.9 Å². The number of carbonyl (C=O) groups excluding carboxylic acids is 1. The van der Waals surface area contributed by atoms with Gasteiger partial charge in [-0.25, -0.2) is 0 Å². The molecular formula is C18H16BrNO. The molecule has 3 aromatic rings. The Hall–Kier alpha value is -1.87. The lowest BCUT2D eigenvalue weighted by atomic mass is 9.87. The molecule has 3 rings (SSSR count). The summed E-state index contributed by atoms with van der Waals surface area (Å²) in [5.74, 6) is 0.292. The van der Waals surface area contributed by atoms with Gasteiger partial charge in [0.1, 0.15) is 5.78 Å². The minimum Gasteiger partial charge on any atom is -0.361 e. The zero-order valence-corrected chi connectivity index (χ0v) is 13.4. The number of Topliss-reactive ketones (excluding diaryl/α,β-unsaturated/α-hetero) is 1. The van der Waals surface area contributed by atoms with E-state index in [0.717, 1.165) is 9.99 Å². The quantitative estimate of drug-likeness (QED) is 0.708. The normalized spacial score (nSPS) is 12.5. The molecule has 1 unspecified atom stereocenters. The third-order valence-corrected chi connectivity index (χ3v) is 4.24. The molecule has 0 amide bonds. The van der Waals surface area contributed by atoms with E-state index in [1.807, 2.05) is 30.5 Å². The molecule has 0 fully saturated rings. The molecule has 0 aliphatic rings. The molecule has 1 atom stereocenters. The van der Waals surface area contributed by atoms with Crippen molar-refractivity contribution in [1.29, 1.82) is 0 Å². The number of hydrogen-bond donors (Lipinski definition) is 1. The summed E-state index contributed by atoms with van der Waals surface area (Å²) in [7, 11) is 0. The van der Waals surface area contributed by atoms with Crippen LogP contribution in [-0.2, 0) is 4.79 Å². The van der Waals surface area contributed by atoms with Crippen molar-refractivity contribution >= 4 is 32.6 Å². The van der Waals surface area contributed by atoms with Crippen LogP contribution in [-0.4, -0.2) is 10.8 Å². The Kier molecular flexibility index (Phi) is 3.93. The van der Waals surface area contributed by atoms with Gasteiger partial charge in [-0.05, 0) is 36.2 Å². The second-order valence-electron chi connectivity index (χ2n) is 5.30. The summed E-state index contributed by atoms with van der Waals surface area (Å²) in [4.78, 5) is 15.0. The number of ketones is 1. The van der Waals surface area contributed by atoms with Gasteiger partial charge in [-0.15, -0.1) is 0 Å². The van der Waals surface area contributed by atoms with Crippen LogP contribution in [0.15, 0.2) is 59.2 Å². The van der Waals surface area contributed by atoms with Crippen LogP contribution in [0.3, 0.4) is 0 Å². The molecule has 0 spiro atoms. The highest BCUT2D eigenvalue weighted by Crippen LogP contribution is 2.34. The van der Waals surface area contributed by atoms with Crippen molar-refractivity contribution in [3.63, 3.8) is 0 Å². The molecule has 0 aliphatic heterocycles. The van der Waals surface area contributed by atoms with Crippen molar-refractivity contribution in [3.8, 4) is 0 Å². The first-order chi connectivity index (χ1) is 10.1. The predicted molar refractivity (Wildman–Crippen MR) is 89.6 cm³/mol. The maximum absolute atomic E-state index is 11.7. The van der Waals surface area contributed by atoms with Crippen LogP contribution < -0.4 is 0 Å². The summed E-state index contributed by atoms with van der Waals surface area (Å²) in [6, 6.07) is 16.4. The number of aromatic amines is 1. The maximum Gasteiger partial charge on any atom is 0.130 e. The lowest BCUT2D eigenvalue weighted by Crippen LogP contribution is -2.05. The highest BCUT2D eigenvalue weighted by Gasteiger charge is 2.19. The Balaban J connectivity index is 2.14. The molecule has 106 valence electrons. The van der Waals surface area contributed by atoms with E-state index in [0.29, 0.717) is 6.42 Å². The fourth-order valence-electron chi connectivity index (χ4n) is 2.78. The Morgan fingerprint density at radius 3 is 2.67 bits per heavy atom. The molecule has 2 aromatic carbocycles. The van der Waals surface area contributed by atoms with Gasteiger partial charge in [0.2, 0.25) is 0 Å². The van der Waals surface area contributed by atoms with Crippen LogP contribution in [0.2, 0.25) is 0 Å². The average Bonchev–Trinajstić information content (AvgIpc) is 2.88. The lowest BCUT2D eigenvalue weighted by molar-refractivity contribution is -0.117. The van der Waals surface area contributed by atoms with E-state index >= 15 is 0 Å². The summed E-state index contributed by atoms with van der Waals surface area (Å²) in [5, 5.41) is 1.17. The second-order valence-corrected chi connectivity index (χ2v) is 6.22. The smallest absolute Gasteiger partial charge is 0.130 e. The highest BCUT2D eigenvalue weighted by atomic mass is 79.9. The molecule has 3 heteroatoms. The number of halogens is 1. The Labute approximate surface area is 132 Å². The molecule has 2 nitrogen and oxygen atoms in total. The van der Waals surface area contributed by atoms with Crippen molar-refractivity contribution < 1.29 is 4.79 Å². The van der Waals surface area contributed by atoms with E-state index in [2.05, 4.69) is 45.2 Å². The molecule has 1 N–H and O–H groups in total. The van der Waals surface area contributed by atoms with E-state index in [4.69, 9.17) is 0 Å². The molecule has 0 radical (unpaired) electrons. The topological polar surface area (TPSA) is 32.9 Å². The second kappa shape index (κ2) is 5.86. The number of carbonyl (C=O) groups is 1. The van der Waals surface area contributed by atoms with E-state index in [9.17, 15) is 4.79 Å². The zero-order valence-electron chi connectivity index (χ0n) is 11.8. The van der Waals surface area contributed by atoms with Gasteiger partial charge in [-0.3, -0.25) is 4.79 Å². The lowest BCUT2D eigenvalue weighted by Gasteiger charge is -2.15. The summed E-state index contributed by atoms with van der Waals surface area (Å²) in [6.07, 6.45) is 2.54. The van der Waals surface area contributed by atoms with Crippen LogP contribution in [0.5, 0.6) is 0 Å². The number of fused-ring (bicyclic) bond motifs is 1. The van der Waals surface area contributed by atoms with Crippen molar-refractivity contribution in [1.82, 2.24) is 4.98 Å². The first-order valence-corrected chi connectivity index (χ1v) is 7.75. The number of hydrogen-bond acceptors (Lipinski definition) is 1. The summed E-state index contributed by atoms with van der Waals surface area (Å²) in [5.41, 5.74) is 3.44. The van der Waals surface area contributed by atoms with Gasteiger partial charge in [0.25, 0.3) is 0 Å². The number of benzene rings is 2. The van der Waals surface area contributed by atoms with Gasteiger partial charge in [0.15, 0.2) is 0 Å². The molecule has 1 heterocycles. The number of H-pyrrole nitrogens is 1. The van der Waals surface area contributed by atoms with Gasteiger partial charge in [-0.2, -0.15) is 0 Å². The molecule has 1 aromatic heterocycles. The fraction of sp³-hybridized carbons (Fsp3) is 0.167. The Bertz CT molecular complexity index is 776. The molecule has 0 saturated carbocycles. The van der Waals surface area contributed by atoms with Crippen molar-refractivity contribution in [2.45, 2.75) is 19.3 Å². The van der Waals surface area contributed by atoms with Crippen LogP contribution in [0, 0.1) is 0 Å². The fourth-order valence-corrected chi connectivity index (χ4v) is 3.14. The summed E-state index contributed by atoms with van der Waals surface area (Å²) < 4.78 is 1.05. The average molecular weight is 342 g/mol. The maximum atomic E-state index is 11.7. The van der Waals surface area contributed by atoms with Crippen molar-refractivity contribution in [2.24, 2.45) is 0 Å². The standard InChI is InChI=1S/C18H16BrNO/c1-12(21)9-15(13-5-3-2-4-6-13)17-11-20-18-8-7-14(19)10-16(17)18/h2-8,10-11,15,20H,9H2,1H3. The highest BCUT2D eigenvalue weighted by molar-refractivity contribution is 9.10. The third-order valence-electron chi connectivity index (χ3n) is 3.74.